The third-order valence-corrected chi connectivity index (χ3v) is 3.30. The van der Waals surface area contributed by atoms with Crippen molar-refractivity contribution in [2.24, 2.45) is 5.73 Å². The first-order valence-corrected chi connectivity index (χ1v) is 5.20. The average Bonchev–Trinajstić information content (AvgIpc) is 2.05. The maximum Gasteiger partial charge on any atom is 0.0697 e. The van der Waals surface area contributed by atoms with Crippen molar-refractivity contribution < 1.29 is 4.74 Å². The van der Waals surface area contributed by atoms with Gasteiger partial charge in [0, 0.05) is 12.6 Å². The zero-order valence-electron chi connectivity index (χ0n) is 7.72. The Bertz CT molecular complexity index is 146. The molecular formula is C10H19NO. The molecule has 1 aliphatic carbocycles. The van der Waals surface area contributed by atoms with Crippen molar-refractivity contribution in [2.45, 2.75) is 56.6 Å². The molecule has 1 saturated carbocycles. The van der Waals surface area contributed by atoms with Crippen molar-refractivity contribution in [1.29, 1.82) is 0 Å². The molecule has 2 heteroatoms. The third-order valence-electron chi connectivity index (χ3n) is 3.30. The van der Waals surface area contributed by atoms with E-state index >= 15 is 0 Å². The molecule has 1 aliphatic heterocycles. The SMILES string of the molecule is N[C@H]1CCOC2(CCCCC2)C1. The fourth-order valence-electron chi connectivity index (χ4n) is 2.61. The predicted molar refractivity (Wildman–Crippen MR) is 49.0 cm³/mol. The molecule has 0 amide bonds. The van der Waals surface area contributed by atoms with Gasteiger partial charge in [-0.25, -0.2) is 0 Å². The van der Waals surface area contributed by atoms with Crippen LogP contribution in [0.2, 0.25) is 0 Å². The molecule has 70 valence electrons. The van der Waals surface area contributed by atoms with Gasteiger partial charge in [-0.2, -0.15) is 0 Å². The van der Waals surface area contributed by atoms with E-state index < -0.39 is 0 Å². The van der Waals surface area contributed by atoms with Gasteiger partial charge >= 0.3 is 0 Å². The number of nitrogens with two attached hydrogens (primary N) is 1. The Hall–Kier alpha value is -0.0800. The highest BCUT2D eigenvalue weighted by Crippen LogP contribution is 2.37. The second-order valence-corrected chi connectivity index (χ2v) is 4.35. The van der Waals surface area contributed by atoms with Gasteiger partial charge in [0.05, 0.1) is 5.60 Å². The van der Waals surface area contributed by atoms with Crippen LogP contribution < -0.4 is 5.73 Å². The quantitative estimate of drug-likeness (QED) is 0.600. The van der Waals surface area contributed by atoms with E-state index in [-0.39, 0.29) is 5.60 Å². The Morgan fingerprint density at radius 2 is 1.92 bits per heavy atom. The van der Waals surface area contributed by atoms with Crippen LogP contribution >= 0.6 is 0 Å². The Kier molecular flexibility index (Phi) is 2.37. The van der Waals surface area contributed by atoms with E-state index in [0.29, 0.717) is 6.04 Å². The minimum absolute atomic E-state index is 0.204. The molecule has 1 heterocycles. The molecule has 2 nitrogen and oxygen atoms in total. The van der Waals surface area contributed by atoms with Gasteiger partial charge in [0.15, 0.2) is 0 Å². The number of hydrogen-bond donors (Lipinski definition) is 1. The highest BCUT2D eigenvalue weighted by atomic mass is 16.5. The van der Waals surface area contributed by atoms with Crippen molar-refractivity contribution in [1.82, 2.24) is 0 Å². The zero-order valence-corrected chi connectivity index (χ0v) is 7.72. The predicted octanol–water partition coefficient (Wildman–Crippen LogP) is 1.83. The van der Waals surface area contributed by atoms with Crippen molar-refractivity contribution in [3.05, 3.63) is 0 Å². The lowest BCUT2D eigenvalue weighted by Gasteiger charge is -2.42. The maximum absolute atomic E-state index is 5.96. The summed E-state index contributed by atoms with van der Waals surface area (Å²) in [5.41, 5.74) is 6.16. The summed E-state index contributed by atoms with van der Waals surface area (Å²) in [5, 5.41) is 0. The van der Waals surface area contributed by atoms with Gasteiger partial charge in [0.2, 0.25) is 0 Å². The van der Waals surface area contributed by atoms with Gasteiger partial charge in [-0.3, -0.25) is 0 Å². The first-order valence-electron chi connectivity index (χ1n) is 5.20. The summed E-state index contributed by atoms with van der Waals surface area (Å²) in [4.78, 5) is 0. The summed E-state index contributed by atoms with van der Waals surface area (Å²) in [5.74, 6) is 0. The molecule has 1 saturated heterocycles. The van der Waals surface area contributed by atoms with Gasteiger partial charge in [-0.1, -0.05) is 19.3 Å². The summed E-state index contributed by atoms with van der Waals surface area (Å²) in [6.07, 6.45) is 8.73. The number of ether oxygens (including phenoxy) is 1. The molecule has 12 heavy (non-hydrogen) atoms. The Labute approximate surface area is 74.5 Å². The van der Waals surface area contributed by atoms with Gasteiger partial charge in [-0.15, -0.1) is 0 Å². The standard InChI is InChI=1S/C10H19NO/c11-9-4-7-12-10(8-9)5-2-1-3-6-10/h9H,1-8,11H2/t9-/m0/s1. The van der Waals surface area contributed by atoms with E-state index in [2.05, 4.69) is 0 Å². The monoisotopic (exact) mass is 169 g/mol. The summed E-state index contributed by atoms with van der Waals surface area (Å²) in [6, 6.07) is 0.400. The van der Waals surface area contributed by atoms with Crippen LogP contribution in [0.5, 0.6) is 0 Å². The molecule has 2 rings (SSSR count). The number of hydrogen-bond acceptors (Lipinski definition) is 2. The van der Waals surface area contributed by atoms with Crippen LogP contribution in [-0.4, -0.2) is 18.2 Å². The van der Waals surface area contributed by atoms with Crippen LogP contribution in [0.3, 0.4) is 0 Å². The summed E-state index contributed by atoms with van der Waals surface area (Å²) < 4.78 is 5.90. The summed E-state index contributed by atoms with van der Waals surface area (Å²) >= 11 is 0. The van der Waals surface area contributed by atoms with E-state index in [1.165, 1.54) is 32.1 Å². The molecule has 1 spiro atoms. The fourth-order valence-corrected chi connectivity index (χ4v) is 2.61. The molecule has 0 aromatic heterocycles. The number of rotatable bonds is 0. The van der Waals surface area contributed by atoms with Crippen molar-refractivity contribution in [3.63, 3.8) is 0 Å². The van der Waals surface area contributed by atoms with Gasteiger partial charge in [0.25, 0.3) is 0 Å². The average molecular weight is 169 g/mol. The Morgan fingerprint density at radius 3 is 2.58 bits per heavy atom. The summed E-state index contributed by atoms with van der Waals surface area (Å²) in [6.45, 7) is 0.890. The second kappa shape index (κ2) is 3.35. The molecule has 2 aliphatic rings. The van der Waals surface area contributed by atoms with Crippen LogP contribution in [0, 0.1) is 0 Å². The van der Waals surface area contributed by atoms with E-state index in [1.807, 2.05) is 0 Å². The first kappa shape index (κ1) is 8.52. The highest BCUT2D eigenvalue weighted by Gasteiger charge is 2.37. The smallest absolute Gasteiger partial charge is 0.0697 e. The molecule has 1 atom stereocenters. The molecule has 2 N–H and O–H groups in total. The topological polar surface area (TPSA) is 35.2 Å². The van der Waals surface area contributed by atoms with Crippen molar-refractivity contribution in [2.75, 3.05) is 6.61 Å². The lowest BCUT2D eigenvalue weighted by atomic mass is 9.78. The molecular weight excluding hydrogens is 150 g/mol. The van der Waals surface area contributed by atoms with Crippen molar-refractivity contribution >= 4 is 0 Å². The first-order chi connectivity index (χ1) is 5.81. The highest BCUT2D eigenvalue weighted by molar-refractivity contribution is 4.90. The maximum atomic E-state index is 5.96. The third kappa shape index (κ3) is 1.64. The second-order valence-electron chi connectivity index (χ2n) is 4.35. The Balaban J connectivity index is 1.97. The van der Waals surface area contributed by atoms with Gasteiger partial charge < -0.3 is 10.5 Å². The molecule has 2 fully saturated rings. The minimum Gasteiger partial charge on any atom is -0.375 e. The molecule has 0 aromatic carbocycles. The largest absolute Gasteiger partial charge is 0.375 e. The Morgan fingerprint density at radius 1 is 1.17 bits per heavy atom. The normalized spacial score (nSPS) is 35.2. The minimum atomic E-state index is 0.204. The van der Waals surface area contributed by atoms with Crippen LogP contribution in [0.15, 0.2) is 0 Å². The van der Waals surface area contributed by atoms with Crippen molar-refractivity contribution in [3.8, 4) is 0 Å². The lowest BCUT2D eigenvalue weighted by Crippen LogP contribution is -2.46. The molecule has 0 aromatic rings. The van der Waals surface area contributed by atoms with Crippen LogP contribution in [0.1, 0.15) is 44.9 Å². The fraction of sp³-hybridized carbons (Fsp3) is 1.00. The van der Waals surface area contributed by atoms with Crippen LogP contribution in [0.25, 0.3) is 0 Å². The summed E-state index contributed by atoms with van der Waals surface area (Å²) in [7, 11) is 0. The van der Waals surface area contributed by atoms with Gasteiger partial charge in [0.1, 0.15) is 0 Å². The zero-order chi connectivity index (χ0) is 8.44. The van der Waals surface area contributed by atoms with Crippen LogP contribution in [-0.2, 0) is 4.74 Å². The molecule has 0 unspecified atom stereocenters. The van der Waals surface area contributed by atoms with Crippen LogP contribution in [0.4, 0.5) is 0 Å². The van der Waals surface area contributed by atoms with E-state index in [1.54, 1.807) is 0 Å². The molecule has 0 radical (unpaired) electrons. The van der Waals surface area contributed by atoms with Gasteiger partial charge in [-0.05, 0) is 25.7 Å². The lowest BCUT2D eigenvalue weighted by molar-refractivity contribution is -0.105. The van der Waals surface area contributed by atoms with E-state index in [0.717, 1.165) is 19.4 Å². The molecule has 0 bridgehead atoms. The van der Waals surface area contributed by atoms with E-state index in [4.69, 9.17) is 10.5 Å². The van der Waals surface area contributed by atoms with E-state index in [9.17, 15) is 0 Å².